The monoisotopic (exact) mass is 543 g/mol. The van der Waals surface area contributed by atoms with Gasteiger partial charge in [-0.1, -0.05) is 48.0 Å². The lowest BCUT2D eigenvalue weighted by Crippen LogP contribution is -2.34. The average molecular weight is 544 g/mol. The molecule has 5 aromatic rings. The minimum atomic E-state index is -0.478. The molecule has 0 atom stereocenters. The van der Waals surface area contributed by atoms with Gasteiger partial charge in [-0.15, -0.1) is 11.3 Å². The van der Waals surface area contributed by atoms with Crippen LogP contribution < -0.4 is 15.5 Å². The summed E-state index contributed by atoms with van der Waals surface area (Å²) in [4.78, 5) is 25.3. The van der Waals surface area contributed by atoms with Crippen LogP contribution in [0.25, 0.3) is 27.0 Å². The van der Waals surface area contributed by atoms with E-state index >= 15 is 0 Å². The van der Waals surface area contributed by atoms with E-state index in [4.69, 9.17) is 21.4 Å². The van der Waals surface area contributed by atoms with Crippen LogP contribution in [-0.2, 0) is 4.79 Å². The third-order valence-corrected chi connectivity index (χ3v) is 7.34. The smallest absolute Gasteiger partial charge is 0.263 e. The van der Waals surface area contributed by atoms with E-state index < -0.39 is 11.8 Å². The van der Waals surface area contributed by atoms with Crippen molar-refractivity contribution in [3.63, 3.8) is 0 Å². The van der Waals surface area contributed by atoms with Crippen molar-refractivity contribution in [1.82, 2.24) is 20.5 Å². The van der Waals surface area contributed by atoms with Gasteiger partial charge in [-0.3, -0.25) is 9.59 Å². The summed E-state index contributed by atoms with van der Waals surface area (Å²) in [7, 11) is 1.61. The van der Waals surface area contributed by atoms with Gasteiger partial charge >= 0.3 is 0 Å². The topological polar surface area (TPSA) is 97.6 Å². The maximum atomic E-state index is 12.6. The predicted octanol–water partition coefficient (Wildman–Crippen LogP) is 5.30. The number of hydrogen-bond acceptors (Lipinski definition) is 6. The van der Waals surface area contributed by atoms with Gasteiger partial charge in [0.05, 0.1) is 30.6 Å². The number of hydrazone groups is 1. The number of amides is 2. The molecule has 0 saturated carbocycles. The number of nitrogens with one attached hydrogen (secondary N) is 2. The van der Waals surface area contributed by atoms with E-state index in [1.54, 1.807) is 11.8 Å². The zero-order chi connectivity index (χ0) is 26.5. The summed E-state index contributed by atoms with van der Waals surface area (Å²) in [5, 5.41) is 12.6. The fourth-order valence-electron chi connectivity index (χ4n) is 3.78. The molecule has 2 heterocycles. The zero-order valence-electron chi connectivity index (χ0n) is 20.2. The predicted molar refractivity (Wildman–Crippen MR) is 150 cm³/mol. The lowest BCUT2D eigenvalue weighted by Gasteiger charge is -2.03. The van der Waals surface area contributed by atoms with Crippen LogP contribution in [0.1, 0.15) is 15.2 Å². The summed E-state index contributed by atoms with van der Waals surface area (Å²) in [5.41, 5.74) is 5.58. The Morgan fingerprint density at radius 2 is 1.79 bits per heavy atom. The third-order valence-electron chi connectivity index (χ3n) is 5.67. The second kappa shape index (κ2) is 11.3. The fourth-order valence-corrected chi connectivity index (χ4v) is 5.22. The highest BCUT2D eigenvalue weighted by atomic mass is 35.5. The SMILES string of the molecule is COc1ccc(-c2nn(-c3ccccc3)cc2/C=N\NC(=O)CNC(=O)c2sc3ccccc3c2Cl)cc1. The number of aromatic nitrogens is 2. The van der Waals surface area contributed by atoms with Gasteiger partial charge in [0.2, 0.25) is 0 Å². The van der Waals surface area contributed by atoms with Crippen molar-refractivity contribution in [2.24, 2.45) is 5.10 Å². The van der Waals surface area contributed by atoms with E-state index in [1.807, 2.05) is 85.1 Å². The van der Waals surface area contributed by atoms with Crippen molar-refractivity contribution in [1.29, 1.82) is 0 Å². The van der Waals surface area contributed by atoms with Gasteiger partial charge in [-0.2, -0.15) is 10.2 Å². The van der Waals surface area contributed by atoms with Gasteiger partial charge in [-0.25, -0.2) is 10.1 Å². The first-order chi connectivity index (χ1) is 18.5. The van der Waals surface area contributed by atoms with Crippen molar-refractivity contribution in [3.05, 3.63) is 101 Å². The summed E-state index contributed by atoms with van der Waals surface area (Å²) in [6.07, 6.45) is 3.35. The normalized spacial score (nSPS) is 11.1. The number of halogens is 1. The Balaban J connectivity index is 1.28. The van der Waals surface area contributed by atoms with E-state index in [-0.39, 0.29) is 6.54 Å². The van der Waals surface area contributed by atoms with Crippen molar-refractivity contribution in [2.45, 2.75) is 0 Å². The Bertz CT molecular complexity index is 1630. The van der Waals surface area contributed by atoms with E-state index in [1.165, 1.54) is 17.6 Å². The number of methoxy groups -OCH3 is 1. The first kappa shape index (κ1) is 25.2. The molecule has 10 heteroatoms. The minimum Gasteiger partial charge on any atom is -0.497 e. The van der Waals surface area contributed by atoms with Gasteiger partial charge in [0.15, 0.2) is 0 Å². The van der Waals surface area contributed by atoms with E-state index in [0.717, 1.165) is 27.1 Å². The van der Waals surface area contributed by atoms with Crippen molar-refractivity contribution >= 4 is 51.1 Å². The highest BCUT2D eigenvalue weighted by molar-refractivity contribution is 7.21. The Morgan fingerprint density at radius 3 is 2.53 bits per heavy atom. The Hall–Kier alpha value is -4.47. The summed E-state index contributed by atoms with van der Waals surface area (Å²) in [5.74, 6) is -0.160. The van der Waals surface area contributed by atoms with Crippen LogP contribution in [-0.4, -0.2) is 41.5 Å². The molecule has 0 spiro atoms. The highest BCUT2D eigenvalue weighted by Gasteiger charge is 2.17. The molecule has 0 fully saturated rings. The van der Waals surface area contributed by atoms with Crippen LogP contribution in [0, 0.1) is 0 Å². The summed E-state index contributed by atoms with van der Waals surface area (Å²) in [6.45, 7) is -0.255. The molecule has 2 N–H and O–H groups in total. The van der Waals surface area contributed by atoms with Crippen molar-refractivity contribution in [2.75, 3.05) is 13.7 Å². The largest absolute Gasteiger partial charge is 0.497 e. The third kappa shape index (κ3) is 5.44. The molecule has 0 aliphatic rings. The number of carbonyl (C=O) groups is 2. The van der Waals surface area contributed by atoms with Gasteiger partial charge in [0.25, 0.3) is 11.8 Å². The van der Waals surface area contributed by atoms with Crippen LogP contribution in [0.5, 0.6) is 5.75 Å². The molecular formula is C28H22ClN5O3S. The van der Waals surface area contributed by atoms with Gasteiger partial charge < -0.3 is 10.1 Å². The molecule has 0 aliphatic heterocycles. The summed E-state index contributed by atoms with van der Waals surface area (Å²) < 4.78 is 7.91. The van der Waals surface area contributed by atoms with E-state index in [9.17, 15) is 9.59 Å². The molecule has 38 heavy (non-hydrogen) atoms. The van der Waals surface area contributed by atoms with Crippen LogP contribution >= 0.6 is 22.9 Å². The van der Waals surface area contributed by atoms with Gasteiger partial charge in [0.1, 0.15) is 16.3 Å². The van der Waals surface area contributed by atoms with Crippen LogP contribution in [0.15, 0.2) is 90.2 Å². The number of benzene rings is 3. The molecule has 3 aromatic carbocycles. The van der Waals surface area contributed by atoms with E-state index in [2.05, 4.69) is 15.8 Å². The number of fused-ring (bicyclic) bond motifs is 1. The summed E-state index contributed by atoms with van der Waals surface area (Å²) in [6, 6.07) is 24.7. The number of carbonyl (C=O) groups excluding carboxylic acids is 2. The lowest BCUT2D eigenvalue weighted by atomic mass is 10.1. The van der Waals surface area contributed by atoms with Gasteiger partial charge in [-0.05, 0) is 42.5 Å². The number of para-hydroxylation sites is 1. The molecular weight excluding hydrogens is 522 g/mol. The molecule has 0 radical (unpaired) electrons. The first-order valence-electron chi connectivity index (χ1n) is 11.6. The maximum absolute atomic E-state index is 12.6. The Morgan fingerprint density at radius 1 is 1.05 bits per heavy atom. The molecule has 2 amide bonds. The lowest BCUT2D eigenvalue weighted by molar-refractivity contribution is -0.120. The molecule has 190 valence electrons. The maximum Gasteiger partial charge on any atom is 0.263 e. The van der Waals surface area contributed by atoms with E-state index in [0.29, 0.717) is 21.2 Å². The Kier molecular flexibility index (Phi) is 7.48. The first-order valence-corrected chi connectivity index (χ1v) is 12.8. The van der Waals surface area contributed by atoms with Crippen LogP contribution in [0.3, 0.4) is 0 Å². The number of hydrogen-bond donors (Lipinski definition) is 2. The molecule has 0 saturated heterocycles. The molecule has 5 rings (SSSR count). The second-order valence-corrected chi connectivity index (χ2v) is 9.59. The Labute approximate surface area is 227 Å². The second-order valence-electron chi connectivity index (χ2n) is 8.16. The number of thiophene rings is 1. The molecule has 2 aromatic heterocycles. The molecule has 0 bridgehead atoms. The standard InChI is InChI=1S/C28H22ClN5O3S/c1-37-21-13-11-18(12-14-21)26-19(17-34(33-26)20-7-3-2-4-8-20)15-31-32-24(35)16-30-28(36)27-25(29)22-9-5-6-10-23(22)38-27/h2-15,17H,16H2,1H3,(H,30,36)(H,32,35)/b31-15-. The quantitative estimate of drug-likeness (QED) is 0.205. The van der Waals surface area contributed by atoms with Crippen LogP contribution in [0.2, 0.25) is 5.02 Å². The number of nitrogens with zero attached hydrogens (tertiary/aromatic N) is 3. The van der Waals surface area contributed by atoms with Crippen LogP contribution in [0.4, 0.5) is 0 Å². The highest BCUT2D eigenvalue weighted by Crippen LogP contribution is 2.35. The minimum absolute atomic E-state index is 0.255. The molecule has 0 unspecified atom stereocenters. The molecule has 0 aliphatic carbocycles. The van der Waals surface area contributed by atoms with Crippen molar-refractivity contribution < 1.29 is 14.3 Å². The average Bonchev–Trinajstić information content (AvgIpc) is 3.54. The van der Waals surface area contributed by atoms with Crippen molar-refractivity contribution in [3.8, 4) is 22.7 Å². The summed E-state index contributed by atoms with van der Waals surface area (Å²) >= 11 is 7.64. The van der Waals surface area contributed by atoms with Gasteiger partial charge in [0, 0.05) is 27.4 Å². The number of ether oxygens (including phenoxy) is 1. The number of rotatable bonds is 8. The fraction of sp³-hybridized carbons (Fsp3) is 0.0714. The zero-order valence-corrected chi connectivity index (χ0v) is 21.8. The molecule has 8 nitrogen and oxygen atoms in total.